The lowest BCUT2D eigenvalue weighted by Gasteiger charge is -2.23. The number of carboxylic acid groups (broad SMARTS) is 1. The van der Waals surface area contributed by atoms with Crippen LogP contribution in [0, 0.1) is 0 Å². The maximum Gasteiger partial charge on any atom is 0.305 e. The lowest BCUT2D eigenvalue weighted by Crippen LogP contribution is -2.26. The van der Waals surface area contributed by atoms with Crippen LogP contribution in [-0.2, 0) is 16.0 Å². The van der Waals surface area contributed by atoms with Gasteiger partial charge in [-0.15, -0.1) is 0 Å². The van der Waals surface area contributed by atoms with E-state index in [-0.39, 0.29) is 24.8 Å². The van der Waals surface area contributed by atoms with E-state index in [1.807, 2.05) is 12.1 Å². The third kappa shape index (κ3) is 8.16. The van der Waals surface area contributed by atoms with Crippen LogP contribution in [-0.4, -0.2) is 29.4 Å². The first-order valence-corrected chi connectivity index (χ1v) is 14.4. The molecule has 39 heavy (non-hydrogen) atoms. The number of carbonyl (C=O) groups excluding carboxylic acids is 2. The summed E-state index contributed by atoms with van der Waals surface area (Å²) in [5, 5.41) is 14.9. The Hall–Kier alpha value is -3.16. The van der Waals surface area contributed by atoms with Crippen molar-refractivity contribution in [1.82, 2.24) is 5.32 Å². The Kier molecular flexibility index (Phi) is 10.2. The standard InChI is InChI=1S/C31H32BrClN2O4/c32-27-15-14-25(19-28(27)33)35-31(39)26(23-12-10-22(11-13-23)21-4-2-1-3-5-21)18-20-6-8-24(9-7-20)30(38)34-17-16-29(36)37/h6-15,19,21,26H,1-5,16-18H2,(H,34,38)(H,35,39)(H,36,37). The van der Waals surface area contributed by atoms with Gasteiger partial charge in [-0.3, -0.25) is 14.4 Å². The summed E-state index contributed by atoms with van der Waals surface area (Å²) in [6, 6.07) is 20.8. The van der Waals surface area contributed by atoms with Crippen LogP contribution >= 0.6 is 27.5 Å². The number of carboxylic acids is 1. The van der Waals surface area contributed by atoms with Crippen LogP contribution in [0.5, 0.6) is 0 Å². The Balaban J connectivity index is 1.52. The topological polar surface area (TPSA) is 95.5 Å². The molecule has 0 aliphatic heterocycles. The van der Waals surface area contributed by atoms with Crippen molar-refractivity contribution in [2.75, 3.05) is 11.9 Å². The van der Waals surface area contributed by atoms with Gasteiger partial charge in [0.2, 0.25) is 5.91 Å². The molecule has 204 valence electrons. The Morgan fingerprint density at radius 3 is 2.28 bits per heavy atom. The summed E-state index contributed by atoms with van der Waals surface area (Å²) in [6.07, 6.45) is 6.57. The number of amides is 2. The van der Waals surface area contributed by atoms with Crippen LogP contribution in [0.3, 0.4) is 0 Å². The lowest BCUT2D eigenvalue weighted by atomic mass is 9.83. The molecule has 8 heteroatoms. The largest absolute Gasteiger partial charge is 0.481 e. The Bertz CT molecular complexity index is 1310. The van der Waals surface area contributed by atoms with Gasteiger partial charge in [-0.2, -0.15) is 0 Å². The van der Waals surface area contributed by atoms with Gasteiger partial charge in [-0.05, 0) is 88.1 Å². The van der Waals surface area contributed by atoms with Gasteiger partial charge in [0.05, 0.1) is 17.4 Å². The molecule has 0 heterocycles. The maximum absolute atomic E-state index is 13.6. The molecule has 6 nitrogen and oxygen atoms in total. The highest BCUT2D eigenvalue weighted by atomic mass is 79.9. The minimum absolute atomic E-state index is 0.0646. The van der Waals surface area contributed by atoms with E-state index < -0.39 is 11.9 Å². The molecule has 1 fully saturated rings. The van der Waals surface area contributed by atoms with Crippen molar-refractivity contribution in [2.45, 2.75) is 56.8 Å². The summed E-state index contributed by atoms with van der Waals surface area (Å²) in [6.45, 7) is 0.0646. The van der Waals surface area contributed by atoms with Gasteiger partial charge in [0.25, 0.3) is 5.91 Å². The third-order valence-corrected chi connectivity index (χ3v) is 8.43. The monoisotopic (exact) mass is 610 g/mol. The quantitative estimate of drug-likeness (QED) is 0.224. The van der Waals surface area contributed by atoms with Crippen LogP contribution in [0.1, 0.15) is 77.4 Å². The van der Waals surface area contributed by atoms with Gasteiger partial charge < -0.3 is 15.7 Å². The van der Waals surface area contributed by atoms with E-state index in [2.05, 4.69) is 50.8 Å². The number of nitrogens with one attached hydrogen (secondary N) is 2. The zero-order valence-corrected chi connectivity index (χ0v) is 23.9. The number of aliphatic carboxylic acids is 1. The van der Waals surface area contributed by atoms with Gasteiger partial charge in [-0.25, -0.2) is 0 Å². The molecule has 1 saturated carbocycles. The molecule has 0 spiro atoms. The number of carbonyl (C=O) groups is 3. The zero-order chi connectivity index (χ0) is 27.8. The molecule has 1 unspecified atom stereocenters. The Morgan fingerprint density at radius 1 is 0.949 bits per heavy atom. The lowest BCUT2D eigenvalue weighted by molar-refractivity contribution is -0.136. The third-order valence-electron chi connectivity index (χ3n) is 7.20. The highest BCUT2D eigenvalue weighted by molar-refractivity contribution is 9.10. The molecular formula is C31H32BrClN2O4. The Morgan fingerprint density at radius 2 is 1.64 bits per heavy atom. The number of hydrogen-bond acceptors (Lipinski definition) is 3. The normalized spacial score (nSPS) is 14.4. The van der Waals surface area contributed by atoms with Crippen molar-refractivity contribution in [2.24, 2.45) is 0 Å². The van der Waals surface area contributed by atoms with Crippen molar-refractivity contribution in [3.8, 4) is 0 Å². The SMILES string of the molecule is O=C(O)CCNC(=O)c1ccc(CC(C(=O)Nc2ccc(Br)c(Cl)c2)c2ccc(C3CCCCC3)cc2)cc1. The van der Waals surface area contributed by atoms with Gasteiger partial charge in [-0.1, -0.05) is 67.3 Å². The first-order chi connectivity index (χ1) is 18.8. The minimum atomic E-state index is -0.966. The summed E-state index contributed by atoms with van der Waals surface area (Å²) >= 11 is 9.62. The molecule has 0 saturated heterocycles. The fourth-order valence-electron chi connectivity index (χ4n) is 5.01. The molecular weight excluding hydrogens is 580 g/mol. The molecule has 3 aromatic carbocycles. The van der Waals surface area contributed by atoms with Crippen LogP contribution in [0.25, 0.3) is 0 Å². The number of hydrogen-bond donors (Lipinski definition) is 3. The molecule has 3 N–H and O–H groups in total. The first kappa shape index (κ1) is 28.8. The molecule has 1 atom stereocenters. The van der Waals surface area contributed by atoms with Crippen LogP contribution < -0.4 is 10.6 Å². The molecule has 0 bridgehead atoms. The number of anilines is 1. The molecule has 1 aliphatic carbocycles. The van der Waals surface area contributed by atoms with Crippen molar-refractivity contribution in [3.05, 3.63) is 98.5 Å². The predicted molar refractivity (Wildman–Crippen MR) is 158 cm³/mol. The van der Waals surface area contributed by atoms with E-state index in [1.54, 1.807) is 30.3 Å². The van der Waals surface area contributed by atoms with E-state index in [0.29, 0.717) is 28.6 Å². The highest BCUT2D eigenvalue weighted by Crippen LogP contribution is 2.34. The van der Waals surface area contributed by atoms with Gasteiger partial charge >= 0.3 is 5.97 Å². The van der Waals surface area contributed by atoms with E-state index in [9.17, 15) is 14.4 Å². The van der Waals surface area contributed by atoms with E-state index in [1.165, 1.54) is 37.7 Å². The number of rotatable bonds is 10. The molecule has 1 aliphatic rings. The average Bonchev–Trinajstić information content (AvgIpc) is 2.94. The van der Waals surface area contributed by atoms with E-state index in [0.717, 1.165) is 15.6 Å². The fraction of sp³-hybridized carbons (Fsp3) is 0.323. The fourth-order valence-corrected chi connectivity index (χ4v) is 5.44. The smallest absolute Gasteiger partial charge is 0.305 e. The van der Waals surface area contributed by atoms with Gasteiger partial charge in [0.15, 0.2) is 0 Å². The summed E-state index contributed by atoms with van der Waals surface area (Å²) in [5.41, 5.74) is 4.21. The molecule has 0 radical (unpaired) electrons. The molecule has 3 aromatic rings. The van der Waals surface area contributed by atoms with Crippen molar-refractivity contribution >= 4 is 51.0 Å². The van der Waals surface area contributed by atoms with Crippen molar-refractivity contribution < 1.29 is 19.5 Å². The summed E-state index contributed by atoms with van der Waals surface area (Å²) in [5.74, 6) is -1.31. The maximum atomic E-state index is 13.6. The summed E-state index contributed by atoms with van der Waals surface area (Å²) < 4.78 is 0.754. The van der Waals surface area contributed by atoms with Gasteiger partial charge in [0, 0.05) is 22.3 Å². The van der Waals surface area contributed by atoms with Crippen LogP contribution in [0.4, 0.5) is 5.69 Å². The van der Waals surface area contributed by atoms with Crippen molar-refractivity contribution in [1.29, 1.82) is 0 Å². The summed E-state index contributed by atoms with van der Waals surface area (Å²) in [4.78, 5) is 36.6. The minimum Gasteiger partial charge on any atom is -0.481 e. The average molecular weight is 612 g/mol. The molecule has 2 amide bonds. The number of benzene rings is 3. The number of halogens is 2. The second kappa shape index (κ2) is 13.8. The second-order valence-corrected chi connectivity index (χ2v) is 11.2. The molecule has 4 rings (SSSR count). The second-order valence-electron chi connectivity index (χ2n) is 9.97. The Labute approximate surface area is 242 Å². The van der Waals surface area contributed by atoms with E-state index >= 15 is 0 Å². The highest BCUT2D eigenvalue weighted by Gasteiger charge is 2.23. The predicted octanol–water partition coefficient (Wildman–Crippen LogP) is 7.32. The van der Waals surface area contributed by atoms with Crippen LogP contribution in [0.2, 0.25) is 5.02 Å². The molecule has 0 aromatic heterocycles. The first-order valence-electron chi connectivity index (χ1n) is 13.2. The van der Waals surface area contributed by atoms with Crippen molar-refractivity contribution in [3.63, 3.8) is 0 Å². The summed E-state index contributed by atoms with van der Waals surface area (Å²) in [7, 11) is 0. The van der Waals surface area contributed by atoms with E-state index in [4.69, 9.17) is 16.7 Å². The zero-order valence-electron chi connectivity index (χ0n) is 21.6. The van der Waals surface area contributed by atoms with Crippen LogP contribution in [0.15, 0.2) is 71.2 Å². The van der Waals surface area contributed by atoms with Gasteiger partial charge in [0.1, 0.15) is 0 Å².